The molecule has 0 unspecified atom stereocenters. The molecule has 8 nitrogen and oxygen atoms in total. The second-order valence-electron chi connectivity index (χ2n) is 6.88. The van der Waals surface area contributed by atoms with Gasteiger partial charge >= 0.3 is 6.61 Å². The first-order chi connectivity index (χ1) is 15.3. The molecule has 2 aromatic rings. The summed E-state index contributed by atoms with van der Waals surface area (Å²) in [6.07, 6.45) is 0. The lowest BCUT2D eigenvalue weighted by Gasteiger charge is -2.15. The van der Waals surface area contributed by atoms with Gasteiger partial charge in [0.05, 0.1) is 13.1 Å². The Morgan fingerprint density at radius 3 is 2.39 bits per heavy atom. The van der Waals surface area contributed by atoms with Crippen molar-refractivity contribution < 1.29 is 23.1 Å². The molecule has 0 aliphatic rings. The third kappa shape index (κ3) is 10.0. The minimum absolute atomic E-state index is 0. The maximum Gasteiger partial charge on any atom is 0.387 e. The summed E-state index contributed by atoms with van der Waals surface area (Å²) >= 11 is 0. The van der Waals surface area contributed by atoms with Crippen molar-refractivity contribution in [2.24, 2.45) is 10.7 Å². The molecule has 0 atom stereocenters. The van der Waals surface area contributed by atoms with Crippen LogP contribution in [0.15, 0.2) is 47.5 Å². The molecular weight excluding hydrogens is 547 g/mol. The van der Waals surface area contributed by atoms with Crippen LogP contribution in [-0.2, 0) is 17.9 Å². The Morgan fingerprint density at radius 2 is 1.79 bits per heavy atom. The first-order valence-electron chi connectivity index (χ1n) is 10.0. The van der Waals surface area contributed by atoms with Gasteiger partial charge in [0.2, 0.25) is 5.91 Å². The van der Waals surface area contributed by atoms with Crippen LogP contribution < -0.4 is 26.4 Å². The average molecular weight is 575 g/mol. The van der Waals surface area contributed by atoms with Crippen molar-refractivity contribution in [3.8, 4) is 5.75 Å². The number of hydrogen-bond donors (Lipinski definition) is 4. The maximum atomic E-state index is 12.7. The van der Waals surface area contributed by atoms with E-state index < -0.39 is 18.4 Å². The van der Waals surface area contributed by atoms with E-state index in [1.54, 1.807) is 36.4 Å². The zero-order valence-corrected chi connectivity index (χ0v) is 20.7. The lowest BCUT2D eigenvalue weighted by molar-refractivity contribution is -0.117. The largest absolute Gasteiger partial charge is 0.434 e. The van der Waals surface area contributed by atoms with Crippen LogP contribution in [0.5, 0.6) is 5.75 Å². The van der Waals surface area contributed by atoms with Crippen LogP contribution in [-0.4, -0.2) is 37.5 Å². The van der Waals surface area contributed by atoms with Gasteiger partial charge in [0.1, 0.15) is 5.75 Å². The average Bonchev–Trinajstić information content (AvgIpc) is 2.75. The number of halogens is 3. The third-order valence-electron chi connectivity index (χ3n) is 4.28. The van der Waals surface area contributed by atoms with Gasteiger partial charge in [-0.25, -0.2) is 4.99 Å². The maximum absolute atomic E-state index is 12.7. The Morgan fingerprint density at radius 1 is 1.09 bits per heavy atom. The van der Waals surface area contributed by atoms with Crippen LogP contribution in [0.25, 0.3) is 0 Å². The van der Waals surface area contributed by atoms with Crippen LogP contribution in [0.3, 0.4) is 0 Å². The summed E-state index contributed by atoms with van der Waals surface area (Å²) < 4.78 is 29.9. The van der Waals surface area contributed by atoms with E-state index in [9.17, 15) is 18.4 Å². The molecular formula is C22H28F2IN5O3. The van der Waals surface area contributed by atoms with E-state index in [2.05, 4.69) is 25.7 Å². The predicted octanol–water partition coefficient (Wildman–Crippen LogP) is 2.68. The molecule has 0 saturated heterocycles. The smallest absolute Gasteiger partial charge is 0.387 e. The number of carbonyl (C=O) groups is 2. The summed E-state index contributed by atoms with van der Waals surface area (Å²) in [5.74, 6) is -0.403. The first-order valence-corrected chi connectivity index (χ1v) is 10.0. The number of ether oxygens (including phenoxy) is 1. The van der Waals surface area contributed by atoms with Gasteiger partial charge in [0.25, 0.3) is 5.91 Å². The zero-order chi connectivity index (χ0) is 23.5. The molecule has 0 radical (unpaired) electrons. The van der Waals surface area contributed by atoms with Crippen LogP contribution in [0.1, 0.15) is 34.0 Å². The van der Waals surface area contributed by atoms with Crippen LogP contribution >= 0.6 is 24.0 Å². The number of guanidine groups is 1. The van der Waals surface area contributed by atoms with E-state index in [4.69, 9.17) is 5.73 Å². The molecule has 0 spiro atoms. The number of hydrogen-bond acceptors (Lipinski definition) is 4. The Hall–Kier alpha value is -2.96. The molecule has 0 bridgehead atoms. The van der Waals surface area contributed by atoms with E-state index in [0.717, 1.165) is 11.1 Å². The van der Waals surface area contributed by atoms with Gasteiger partial charge in [-0.3, -0.25) is 9.59 Å². The molecule has 2 amide bonds. The Kier molecular flexibility index (Phi) is 12.1. The highest BCUT2D eigenvalue weighted by Crippen LogP contribution is 2.22. The summed E-state index contributed by atoms with van der Waals surface area (Å²) in [6, 6.07) is 11.8. The van der Waals surface area contributed by atoms with Crippen molar-refractivity contribution in [3.05, 3.63) is 64.7 Å². The second kappa shape index (κ2) is 14.2. The molecule has 180 valence electrons. The van der Waals surface area contributed by atoms with Crippen LogP contribution in [0, 0.1) is 6.92 Å². The van der Waals surface area contributed by atoms with Gasteiger partial charge in [0, 0.05) is 24.2 Å². The zero-order valence-electron chi connectivity index (χ0n) is 18.4. The number of aliphatic imine (C=N–C) groups is 1. The summed E-state index contributed by atoms with van der Waals surface area (Å²) in [5.41, 5.74) is 7.77. The number of nitrogens with zero attached hydrogens (tertiary/aromatic N) is 1. The van der Waals surface area contributed by atoms with E-state index >= 15 is 0 Å². The van der Waals surface area contributed by atoms with Gasteiger partial charge in [0.15, 0.2) is 5.96 Å². The predicted molar refractivity (Wildman–Crippen MR) is 133 cm³/mol. The van der Waals surface area contributed by atoms with Crippen molar-refractivity contribution in [1.82, 2.24) is 16.0 Å². The summed E-state index contributed by atoms with van der Waals surface area (Å²) in [7, 11) is 0. The summed E-state index contributed by atoms with van der Waals surface area (Å²) in [5, 5.41) is 8.63. The molecule has 0 aliphatic heterocycles. The number of nitrogens with two attached hydrogens (primary N) is 1. The molecule has 0 aliphatic carbocycles. The molecule has 0 saturated carbocycles. The van der Waals surface area contributed by atoms with E-state index in [1.165, 1.54) is 6.07 Å². The van der Waals surface area contributed by atoms with E-state index in [1.807, 2.05) is 13.8 Å². The SMILES string of the molecule is CCNC(=NCc1ccc(C(=O)NCC(N)=O)cc1)NCc1cc(C)ccc1OC(F)F.I. The van der Waals surface area contributed by atoms with E-state index in [0.29, 0.717) is 30.2 Å². The molecule has 5 N–H and O–H groups in total. The van der Waals surface area contributed by atoms with Crippen molar-refractivity contribution in [2.75, 3.05) is 13.1 Å². The molecule has 0 heterocycles. The van der Waals surface area contributed by atoms with Crippen molar-refractivity contribution >= 4 is 41.8 Å². The van der Waals surface area contributed by atoms with Gasteiger partial charge in [-0.05, 0) is 37.6 Å². The molecule has 0 fully saturated rings. The van der Waals surface area contributed by atoms with Crippen molar-refractivity contribution in [1.29, 1.82) is 0 Å². The number of amides is 2. The van der Waals surface area contributed by atoms with Crippen molar-refractivity contribution in [2.45, 2.75) is 33.5 Å². The molecule has 2 aromatic carbocycles. The minimum Gasteiger partial charge on any atom is -0.434 e. The van der Waals surface area contributed by atoms with Gasteiger partial charge in [-0.1, -0.05) is 29.8 Å². The number of benzene rings is 2. The summed E-state index contributed by atoms with van der Waals surface area (Å²) in [6.45, 7) is 1.83. The third-order valence-corrected chi connectivity index (χ3v) is 4.28. The Balaban J connectivity index is 0.00000544. The Labute approximate surface area is 208 Å². The fourth-order valence-electron chi connectivity index (χ4n) is 2.78. The number of aryl methyl sites for hydroxylation is 1. The highest BCUT2D eigenvalue weighted by Gasteiger charge is 2.11. The fourth-order valence-corrected chi connectivity index (χ4v) is 2.78. The number of carbonyl (C=O) groups excluding carboxylic acids is 2. The van der Waals surface area contributed by atoms with Crippen LogP contribution in [0.2, 0.25) is 0 Å². The number of primary amides is 1. The highest BCUT2D eigenvalue weighted by atomic mass is 127. The fraction of sp³-hybridized carbons (Fsp3) is 0.318. The minimum atomic E-state index is -2.90. The standard InChI is InChI=1S/C22H27F2N5O3.HI/c1-3-26-22(29-12-17-10-14(2)4-9-18(17)32-21(23)24)28-11-15-5-7-16(8-6-15)20(31)27-13-19(25)30;/h4-10,21H,3,11-13H2,1-2H3,(H2,25,30)(H,27,31)(H2,26,28,29);1H. The number of nitrogens with one attached hydrogen (secondary N) is 3. The van der Waals surface area contributed by atoms with Crippen molar-refractivity contribution in [3.63, 3.8) is 0 Å². The molecule has 33 heavy (non-hydrogen) atoms. The number of rotatable bonds is 10. The Bertz CT molecular complexity index is 956. The number of alkyl halides is 2. The molecule has 11 heteroatoms. The quantitative estimate of drug-likeness (QED) is 0.198. The second-order valence-corrected chi connectivity index (χ2v) is 6.88. The molecule has 0 aromatic heterocycles. The lowest BCUT2D eigenvalue weighted by atomic mass is 10.1. The van der Waals surface area contributed by atoms with Crippen LogP contribution in [0.4, 0.5) is 8.78 Å². The van der Waals surface area contributed by atoms with Gasteiger partial charge in [-0.15, -0.1) is 24.0 Å². The monoisotopic (exact) mass is 575 g/mol. The first kappa shape index (κ1) is 28.1. The molecule has 2 rings (SSSR count). The summed E-state index contributed by atoms with van der Waals surface area (Å²) in [4.78, 5) is 27.2. The highest BCUT2D eigenvalue weighted by molar-refractivity contribution is 14.0. The van der Waals surface area contributed by atoms with Gasteiger partial charge in [-0.2, -0.15) is 8.78 Å². The topological polar surface area (TPSA) is 118 Å². The van der Waals surface area contributed by atoms with Gasteiger partial charge < -0.3 is 26.4 Å². The van der Waals surface area contributed by atoms with E-state index in [-0.39, 0.29) is 42.8 Å². The lowest BCUT2D eigenvalue weighted by Crippen LogP contribution is -2.37. The normalized spacial score (nSPS) is 10.9.